The van der Waals surface area contributed by atoms with Gasteiger partial charge in [-0.1, -0.05) is 13.0 Å². The van der Waals surface area contributed by atoms with Crippen LogP contribution in [0.1, 0.15) is 27.2 Å². The van der Waals surface area contributed by atoms with Gasteiger partial charge in [0.05, 0.1) is 17.0 Å². The van der Waals surface area contributed by atoms with Gasteiger partial charge in [0, 0.05) is 17.1 Å². The summed E-state index contributed by atoms with van der Waals surface area (Å²) in [5.74, 6) is -1.21. The van der Waals surface area contributed by atoms with Gasteiger partial charge in [-0.2, -0.15) is 0 Å². The Bertz CT molecular complexity index is 652. The van der Waals surface area contributed by atoms with Crippen molar-refractivity contribution >= 4 is 28.7 Å². The summed E-state index contributed by atoms with van der Waals surface area (Å²) < 4.78 is 0. The highest BCUT2D eigenvalue weighted by molar-refractivity contribution is 7.11. The van der Waals surface area contributed by atoms with E-state index in [1.807, 2.05) is 6.92 Å². The van der Waals surface area contributed by atoms with Crippen molar-refractivity contribution in [2.75, 3.05) is 5.32 Å². The number of aryl methyl sites for hydroxylation is 1. The Morgan fingerprint density at radius 1 is 1.52 bits per heavy atom. The number of nitrogens with zero attached hydrogens (tertiary/aromatic N) is 2. The van der Waals surface area contributed by atoms with E-state index in [9.17, 15) is 14.9 Å². The number of aromatic nitrogens is 1. The summed E-state index contributed by atoms with van der Waals surface area (Å²) >= 11 is 1.49. The van der Waals surface area contributed by atoms with E-state index in [1.165, 1.54) is 29.5 Å². The number of nitro groups is 1. The number of nitrogens with one attached hydrogen (secondary N) is 1. The highest BCUT2D eigenvalue weighted by Gasteiger charge is 2.21. The van der Waals surface area contributed by atoms with Gasteiger partial charge in [0.1, 0.15) is 10.7 Å². The topological polar surface area (TPSA) is 105 Å². The van der Waals surface area contributed by atoms with E-state index >= 15 is 0 Å². The number of carboxylic acids is 1. The van der Waals surface area contributed by atoms with Crippen LogP contribution in [0.15, 0.2) is 24.4 Å². The fraction of sp³-hybridized carbons (Fsp3) is 0.231. The number of benzene rings is 1. The van der Waals surface area contributed by atoms with Crippen LogP contribution in [-0.2, 0) is 13.0 Å². The predicted molar refractivity (Wildman–Crippen MR) is 78.9 cm³/mol. The van der Waals surface area contributed by atoms with Crippen LogP contribution in [0.5, 0.6) is 0 Å². The van der Waals surface area contributed by atoms with Crippen LogP contribution in [0.3, 0.4) is 0 Å². The lowest BCUT2D eigenvalue weighted by molar-refractivity contribution is -0.384. The summed E-state index contributed by atoms with van der Waals surface area (Å²) in [6.45, 7) is 2.26. The Morgan fingerprint density at radius 2 is 2.29 bits per heavy atom. The minimum atomic E-state index is -1.21. The first-order chi connectivity index (χ1) is 10.0. The molecule has 2 aromatic rings. The first kappa shape index (κ1) is 14.9. The number of carbonyl (C=O) groups is 1. The molecule has 7 nitrogen and oxygen atoms in total. The second-order valence-corrected chi connectivity index (χ2v) is 5.39. The van der Waals surface area contributed by atoms with Gasteiger partial charge in [0.2, 0.25) is 0 Å². The Labute approximate surface area is 124 Å². The van der Waals surface area contributed by atoms with Crippen molar-refractivity contribution in [3.05, 3.63) is 50.0 Å². The highest BCUT2D eigenvalue weighted by atomic mass is 32.1. The molecule has 0 aliphatic rings. The number of para-hydroxylation sites is 1. The number of thiazole rings is 1. The molecule has 110 valence electrons. The fourth-order valence-corrected chi connectivity index (χ4v) is 2.62. The Balaban J connectivity index is 2.28. The molecule has 0 saturated heterocycles. The Kier molecular flexibility index (Phi) is 4.49. The van der Waals surface area contributed by atoms with E-state index < -0.39 is 10.9 Å². The fourth-order valence-electron chi connectivity index (χ4n) is 1.81. The SMILES string of the molecule is CCc1cnc(CNc2c(C(=O)O)cccc2[N+](=O)[O-])s1. The number of nitro benzene ring substituents is 1. The smallest absolute Gasteiger partial charge is 0.338 e. The molecule has 1 heterocycles. The van der Waals surface area contributed by atoms with Crippen molar-refractivity contribution in [3.63, 3.8) is 0 Å². The maximum absolute atomic E-state index is 11.2. The Hall–Kier alpha value is -2.48. The zero-order chi connectivity index (χ0) is 15.4. The molecule has 0 spiro atoms. The molecule has 0 bridgehead atoms. The summed E-state index contributed by atoms with van der Waals surface area (Å²) in [5.41, 5.74) is -0.387. The standard InChI is InChI=1S/C13H13N3O4S/c1-2-8-6-14-11(21-8)7-15-12-9(13(17)18)4-3-5-10(12)16(19)20/h3-6,15H,2,7H2,1H3,(H,17,18). The summed E-state index contributed by atoms with van der Waals surface area (Å²) in [6.07, 6.45) is 2.61. The minimum Gasteiger partial charge on any atom is -0.478 e. The average molecular weight is 307 g/mol. The normalized spacial score (nSPS) is 10.3. The quantitative estimate of drug-likeness (QED) is 0.628. The second kappa shape index (κ2) is 6.31. The first-order valence-corrected chi connectivity index (χ1v) is 7.02. The van der Waals surface area contributed by atoms with Crippen LogP contribution in [0.4, 0.5) is 11.4 Å². The van der Waals surface area contributed by atoms with Crippen LogP contribution in [-0.4, -0.2) is 21.0 Å². The van der Waals surface area contributed by atoms with Gasteiger partial charge in [0.15, 0.2) is 0 Å². The van der Waals surface area contributed by atoms with Gasteiger partial charge in [-0.25, -0.2) is 9.78 Å². The van der Waals surface area contributed by atoms with Gasteiger partial charge in [-0.15, -0.1) is 11.3 Å². The minimum absolute atomic E-state index is 0.00301. The molecule has 0 aliphatic carbocycles. The summed E-state index contributed by atoms with van der Waals surface area (Å²) in [4.78, 5) is 26.9. The lowest BCUT2D eigenvalue weighted by Gasteiger charge is -2.08. The maximum atomic E-state index is 11.2. The van der Waals surface area contributed by atoms with Crippen LogP contribution in [0, 0.1) is 10.1 Å². The van der Waals surface area contributed by atoms with E-state index in [1.54, 1.807) is 6.20 Å². The Morgan fingerprint density at radius 3 is 2.86 bits per heavy atom. The molecule has 0 unspecified atom stereocenters. The highest BCUT2D eigenvalue weighted by Crippen LogP contribution is 2.29. The van der Waals surface area contributed by atoms with E-state index in [2.05, 4.69) is 10.3 Å². The summed E-state index contributed by atoms with van der Waals surface area (Å²) in [7, 11) is 0. The maximum Gasteiger partial charge on any atom is 0.338 e. The van der Waals surface area contributed by atoms with Crippen LogP contribution >= 0.6 is 11.3 Å². The molecule has 0 radical (unpaired) electrons. The largest absolute Gasteiger partial charge is 0.478 e. The lowest BCUT2D eigenvalue weighted by Crippen LogP contribution is -2.08. The van der Waals surface area contributed by atoms with Gasteiger partial charge >= 0.3 is 5.97 Å². The second-order valence-electron chi connectivity index (χ2n) is 4.19. The molecule has 0 fully saturated rings. The molecular formula is C13H13N3O4S. The van der Waals surface area contributed by atoms with Gasteiger partial charge in [-0.3, -0.25) is 10.1 Å². The third kappa shape index (κ3) is 3.34. The number of hydrogen-bond donors (Lipinski definition) is 2. The van der Waals surface area contributed by atoms with Gasteiger partial charge in [0.25, 0.3) is 5.69 Å². The van der Waals surface area contributed by atoms with E-state index in [0.29, 0.717) is 0 Å². The van der Waals surface area contributed by atoms with Gasteiger partial charge < -0.3 is 10.4 Å². The number of hydrogen-bond acceptors (Lipinski definition) is 6. The van der Waals surface area contributed by atoms with Crippen molar-refractivity contribution in [1.29, 1.82) is 0 Å². The lowest BCUT2D eigenvalue weighted by atomic mass is 10.1. The molecule has 1 aromatic heterocycles. The molecule has 8 heteroatoms. The molecule has 21 heavy (non-hydrogen) atoms. The van der Waals surface area contributed by atoms with Crippen molar-refractivity contribution < 1.29 is 14.8 Å². The average Bonchev–Trinajstić information content (AvgIpc) is 2.92. The van der Waals surface area contributed by atoms with E-state index in [0.717, 1.165) is 16.3 Å². The zero-order valence-electron chi connectivity index (χ0n) is 11.2. The van der Waals surface area contributed by atoms with Crippen LogP contribution in [0.25, 0.3) is 0 Å². The van der Waals surface area contributed by atoms with Crippen molar-refractivity contribution in [3.8, 4) is 0 Å². The number of rotatable bonds is 6. The number of aromatic carboxylic acids is 1. The van der Waals surface area contributed by atoms with Gasteiger partial charge in [-0.05, 0) is 12.5 Å². The van der Waals surface area contributed by atoms with Crippen LogP contribution in [0.2, 0.25) is 0 Å². The molecule has 0 atom stereocenters. The monoisotopic (exact) mass is 307 g/mol. The predicted octanol–water partition coefficient (Wildman–Crippen LogP) is 2.92. The number of anilines is 1. The third-order valence-electron chi connectivity index (χ3n) is 2.84. The van der Waals surface area contributed by atoms with Crippen molar-refractivity contribution in [2.45, 2.75) is 19.9 Å². The summed E-state index contributed by atoms with van der Waals surface area (Å²) in [5, 5.41) is 23.7. The molecule has 1 aromatic carbocycles. The molecule has 0 saturated carbocycles. The van der Waals surface area contributed by atoms with Crippen LogP contribution < -0.4 is 5.32 Å². The molecule has 0 amide bonds. The van der Waals surface area contributed by atoms with Crippen molar-refractivity contribution in [1.82, 2.24) is 4.98 Å². The molecular weight excluding hydrogens is 294 g/mol. The van der Waals surface area contributed by atoms with E-state index in [-0.39, 0.29) is 23.5 Å². The summed E-state index contributed by atoms with van der Waals surface area (Å²) in [6, 6.07) is 3.95. The molecule has 2 N–H and O–H groups in total. The van der Waals surface area contributed by atoms with E-state index in [4.69, 9.17) is 5.11 Å². The zero-order valence-corrected chi connectivity index (χ0v) is 12.0. The third-order valence-corrected chi connectivity index (χ3v) is 3.98. The number of carboxylic acid groups (broad SMARTS) is 1. The first-order valence-electron chi connectivity index (χ1n) is 6.21. The molecule has 2 rings (SSSR count). The van der Waals surface area contributed by atoms with Crippen molar-refractivity contribution in [2.24, 2.45) is 0 Å². The molecule has 0 aliphatic heterocycles.